The van der Waals surface area contributed by atoms with Crippen molar-refractivity contribution in [1.82, 2.24) is 19.5 Å². The first-order chi connectivity index (χ1) is 18.7. The molecule has 0 aliphatic carbocycles. The van der Waals surface area contributed by atoms with E-state index >= 15 is 4.39 Å². The summed E-state index contributed by atoms with van der Waals surface area (Å²) in [5.74, 6) is -0.393. The number of hydrogen-bond donors (Lipinski definition) is 1. The van der Waals surface area contributed by atoms with E-state index in [9.17, 15) is 19.5 Å². The lowest BCUT2D eigenvalue weighted by atomic mass is 10.1. The fourth-order valence-electron chi connectivity index (χ4n) is 3.67. The lowest BCUT2D eigenvalue weighted by Gasteiger charge is -2.28. The molecule has 1 aliphatic heterocycles. The molecule has 3 heterocycles. The molecule has 2 aromatic rings. The smallest absolute Gasteiger partial charge is 0.443 e. The Balaban J connectivity index is 2.06. The topological polar surface area (TPSA) is 164 Å². The minimum atomic E-state index is -2.03. The van der Waals surface area contributed by atoms with Crippen molar-refractivity contribution in [1.29, 1.82) is 0 Å². The third-order valence-corrected chi connectivity index (χ3v) is 5.25. The predicted octanol–water partition coefficient (Wildman–Crippen LogP) is 4.70. The number of amides is 2. The molecular formula is C25H35ClFN5O9. The van der Waals surface area contributed by atoms with Crippen molar-refractivity contribution in [2.45, 2.75) is 104 Å². The van der Waals surface area contributed by atoms with E-state index in [1.807, 2.05) is 0 Å². The molecule has 0 bridgehead atoms. The summed E-state index contributed by atoms with van der Waals surface area (Å²) in [6.07, 6.45) is -8.66. The minimum absolute atomic E-state index is 0.139. The van der Waals surface area contributed by atoms with E-state index < -0.39 is 77.5 Å². The van der Waals surface area contributed by atoms with Gasteiger partial charge in [0, 0.05) is 0 Å². The zero-order chi connectivity index (χ0) is 31.1. The standard InChI is InChI=1S/C25H35ClFN5O9/c1-23(2,3)39-20(34)32(21(35)40-24(4,5)6)17-14-16(29-19(26)30-17)31(11-28-14)18-13(27)15(12(10-33)37-18)38-22(36)41-25(7,8)9/h11-13,15,18,33H,10H2,1-9H3. The van der Waals surface area contributed by atoms with Gasteiger partial charge >= 0.3 is 18.3 Å². The summed E-state index contributed by atoms with van der Waals surface area (Å²) < 4.78 is 43.5. The predicted molar refractivity (Wildman–Crippen MR) is 142 cm³/mol. The zero-order valence-electron chi connectivity index (χ0n) is 24.3. The first-order valence-electron chi connectivity index (χ1n) is 12.7. The lowest BCUT2D eigenvalue weighted by molar-refractivity contribution is -0.0682. The Morgan fingerprint density at radius 2 is 1.54 bits per heavy atom. The molecular weight excluding hydrogens is 569 g/mol. The Bertz CT molecular complexity index is 1270. The van der Waals surface area contributed by atoms with Gasteiger partial charge in [-0.1, -0.05) is 0 Å². The van der Waals surface area contributed by atoms with Gasteiger partial charge in [0.25, 0.3) is 0 Å². The van der Waals surface area contributed by atoms with Gasteiger partial charge in [0.05, 0.1) is 12.9 Å². The first kappa shape index (κ1) is 32.2. The summed E-state index contributed by atoms with van der Waals surface area (Å²) in [7, 11) is 0. The molecule has 2 amide bonds. The molecule has 1 fully saturated rings. The average molecular weight is 604 g/mol. The van der Waals surface area contributed by atoms with Crippen LogP contribution >= 0.6 is 11.6 Å². The van der Waals surface area contributed by atoms with Gasteiger partial charge in [-0.2, -0.15) is 14.9 Å². The number of aliphatic hydroxyl groups excluding tert-OH is 1. The lowest BCUT2D eigenvalue weighted by Crippen LogP contribution is -2.44. The van der Waals surface area contributed by atoms with Gasteiger partial charge in [-0.3, -0.25) is 4.57 Å². The summed E-state index contributed by atoms with van der Waals surface area (Å²) in [5.41, 5.74) is -3.21. The number of carbonyl (C=O) groups is 3. The number of alkyl halides is 1. The molecule has 0 saturated carbocycles. The van der Waals surface area contributed by atoms with Gasteiger partial charge < -0.3 is 28.8 Å². The quantitative estimate of drug-likeness (QED) is 0.291. The van der Waals surface area contributed by atoms with Crippen LogP contribution in [0.2, 0.25) is 5.28 Å². The van der Waals surface area contributed by atoms with Crippen LogP contribution in [0.4, 0.5) is 24.6 Å². The van der Waals surface area contributed by atoms with Gasteiger partial charge in [0.15, 0.2) is 35.5 Å². The fourth-order valence-corrected chi connectivity index (χ4v) is 3.83. The van der Waals surface area contributed by atoms with Gasteiger partial charge in [-0.05, 0) is 73.9 Å². The number of fused-ring (bicyclic) bond motifs is 1. The molecule has 1 N–H and O–H groups in total. The normalized spacial score (nSPS) is 21.5. The Labute approximate surface area is 241 Å². The van der Waals surface area contributed by atoms with Crippen molar-refractivity contribution in [2.24, 2.45) is 0 Å². The Morgan fingerprint density at radius 3 is 2.02 bits per heavy atom. The number of imide groups is 1. The number of hydrogen-bond acceptors (Lipinski definition) is 12. The van der Waals surface area contributed by atoms with Crippen LogP contribution in [-0.2, 0) is 23.7 Å². The number of rotatable bonds is 4. The monoisotopic (exact) mass is 603 g/mol. The molecule has 3 rings (SSSR count). The summed E-state index contributed by atoms with van der Waals surface area (Å²) in [6, 6.07) is 0. The number of nitrogens with zero attached hydrogens (tertiary/aromatic N) is 5. The molecule has 0 spiro atoms. The van der Waals surface area contributed by atoms with Crippen LogP contribution in [0, 0.1) is 0 Å². The third-order valence-electron chi connectivity index (χ3n) is 5.08. The molecule has 228 valence electrons. The Morgan fingerprint density at radius 1 is 1.00 bits per heavy atom. The summed E-state index contributed by atoms with van der Waals surface area (Å²) in [4.78, 5) is 51.4. The Kier molecular flexibility index (Phi) is 9.06. The number of carbonyl (C=O) groups excluding carboxylic acids is 3. The summed E-state index contributed by atoms with van der Waals surface area (Å²) >= 11 is 6.18. The second kappa shape index (κ2) is 11.5. The molecule has 0 radical (unpaired) electrons. The summed E-state index contributed by atoms with van der Waals surface area (Å²) in [6.45, 7) is 13.7. The van der Waals surface area contributed by atoms with Crippen molar-refractivity contribution in [3.8, 4) is 0 Å². The molecule has 1 aliphatic rings. The van der Waals surface area contributed by atoms with Gasteiger partial charge in [0.1, 0.15) is 22.9 Å². The number of ether oxygens (including phenoxy) is 5. The van der Waals surface area contributed by atoms with Crippen molar-refractivity contribution in [2.75, 3.05) is 11.5 Å². The third kappa shape index (κ3) is 7.92. The van der Waals surface area contributed by atoms with Crippen molar-refractivity contribution in [3.63, 3.8) is 0 Å². The number of halogens is 2. The highest BCUT2D eigenvalue weighted by Gasteiger charge is 2.50. The van der Waals surface area contributed by atoms with Crippen LogP contribution in [0.25, 0.3) is 11.2 Å². The minimum Gasteiger partial charge on any atom is -0.443 e. The van der Waals surface area contributed by atoms with Gasteiger partial charge in [-0.15, -0.1) is 0 Å². The van der Waals surface area contributed by atoms with E-state index in [2.05, 4.69) is 15.0 Å². The van der Waals surface area contributed by atoms with Gasteiger partial charge in [0.2, 0.25) is 5.28 Å². The van der Waals surface area contributed by atoms with Crippen molar-refractivity contribution < 1.29 is 47.6 Å². The highest BCUT2D eigenvalue weighted by molar-refractivity contribution is 6.29. The maximum Gasteiger partial charge on any atom is 0.509 e. The van der Waals surface area contributed by atoms with Crippen LogP contribution in [0.3, 0.4) is 0 Å². The van der Waals surface area contributed by atoms with Crippen LogP contribution < -0.4 is 4.90 Å². The maximum atomic E-state index is 15.7. The number of imidazole rings is 1. The second-order valence-electron chi connectivity index (χ2n) is 12.2. The van der Waals surface area contributed by atoms with Crippen LogP contribution in [0.1, 0.15) is 68.5 Å². The SMILES string of the molecule is CC(C)(C)OC(=O)OC1C(CO)OC(n2cnc3c(N(C(=O)OC(C)(C)C)C(=O)OC(C)(C)C)nc(Cl)nc32)C1F. The van der Waals surface area contributed by atoms with Crippen molar-refractivity contribution >= 4 is 46.9 Å². The first-order valence-corrected chi connectivity index (χ1v) is 13.0. The number of aliphatic hydroxyl groups is 1. The van der Waals surface area contributed by atoms with E-state index in [0.717, 1.165) is 10.9 Å². The van der Waals surface area contributed by atoms with Crippen LogP contribution in [0.15, 0.2) is 6.33 Å². The van der Waals surface area contributed by atoms with Crippen LogP contribution in [-0.4, -0.2) is 84.8 Å². The van der Waals surface area contributed by atoms with E-state index in [4.69, 9.17) is 35.3 Å². The molecule has 4 unspecified atom stereocenters. The highest BCUT2D eigenvalue weighted by Crippen LogP contribution is 2.37. The van der Waals surface area contributed by atoms with E-state index in [0.29, 0.717) is 4.90 Å². The molecule has 41 heavy (non-hydrogen) atoms. The zero-order valence-corrected chi connectivity index (χ0v) is 25.1. The maximum absolute atomic E-state index is 15.7. The molecule has 0 aromatic carbocycles. The van der Waals surface area contributed by atoms with E-state index in [-0.39, 0.29) is 11.2 Å². The van der Waals surface area contributed by atoms with Crippen LogP contribution in [0.5, 0.6) is 0 Å². The molecule has 2 aromatic heterocycles. The number of anilines is 1. The average Bonchev–Trinajstić information content (AvgIpc) is 3.31. The molecule has 14 nitrogen and oxygen atoms in total. The van der Waals surface area contributed by atoms with E-state index in [1.165, 1.54) is 0 Å². The summed E-state index contributed by atoms with van der Waals surface area (Å²) in [5, 5.41) is 9.36. The van der Waals surface area contributed by atoms with Gasteiger partial charge in [-0.25, -0.2) is 23.8 Å². The van der Waals surface area contributed by atoms with Crippen molar-refractivity contribution in [3.05, 3.63) is 11.6 Å². The Hall–Kier alpha value is -3.30. The second-order valence-corrected chi connectivity index (χ2v) is 12.5. The largest absolute Gasteiger partial charge is 0.509 e. The highest BCUT2D eigenvalue weighted by atomic mass is 35.5. The van der Waals surface area contributed by atoms with E-state index in [1.54, 1.807) is 62.3 Å². The molecule has 4 atom stereocenters. The molecule has 16 heteroatoms. The fraction of sp³-hybridized carbons (Fsp3) is 0.680. The molecule has 1 saturated heterocycles. The number of aromatic nitrogens is 4.